The molecule has 0 aliphatic rings. The van der Waals surface area contributed by atoms with E-state index in [0.29, 0.717) is 26.6 Å². The standard InChI is InChI=1S/C17H15Cl2N5O2S/c1-8-11(6-15(25)22-17-21-7-14(27-17)16(20)26)9(2)24(23-8)13-4-3-10(18)5-12(13)19/h3-5,7H,6H2,1-2H3,(H2,20,26)(H,21,22,25). The van der Waals surface area contributed by atoms with E-state index in [1.54, 1.807) is 22.9 Å². The molecule has 1 aromatic carbocycles. The van der Waals surface area contributed by atoms with Crippen molar-refractivity contribution < 1.29 is 9.59 Å². The van der Waals surface area contributed by atoms with Gasteiger partial charge in [-0.2, -0.15) is 5.10 Å². The summed E-state index contributed by atoms with van der Waals surface area (Å²) in [4.78, 5) is 27.7. The number of rotatable bonds is 5. The number of nitrogens with two attached hydrogens (primary N) is 1. The Morgan fingerprint density at radius 3 is 2.67 bits per heavy atom. The third-order valence-electron chi connectivity index (χ3n) is 3.91. The highest BCUT2D eigenvalue weighted by Gasteiger charge is 2.18. The summed E-state index contributed by atoms with van der Waals surface area (Å²) < 4.78 is 1.69. The lowest BCUT2D eigenvalue weighted by Crippen LogP contribution is -2.15. The first-order chi connectivity index (χ1) is 12.8. The molecule has 10 heteroatoms. The molecule has 3 aromatic rings. The van der Waals surface area contributed by atoms with Crippen LogP contribution in [0.3, 0.4) is 0 Å². The lowest BCUT2D eigenvalue weighted by atomic mass is 10.1. The topological polar surface area (TPSA) is 103 Å². The minimum Gasteiger partial charge on any atom is -0.365 e. The quantitative estimate of drug-likeness (QED) is 0.654. The van der Waals surface area contributed by atoms with Crippen LogP contribution in [0.2, 0.25) is 10.0 Å². The highest BCUT2D eigenvalue weighted by Crippen LogP contribution is 2.27. The number of carbonyl (C=O) groups excluding carboxylic acids is 2. The normalized spacial score (nSPS) is 10.8. The molecule has 2 aromatic heterocycles. The molecule has 140 valence electrons. The Labute approximate surface area is 169 Å². The fraction of sp³-hybridized carbons (Fsp3) is 0.176. The third-order valence-corrected chi connectivity index (χ3v) is 5.38. The van der Waals surface area contributed by atoms with Gasteiger partial charge in [0.05, 0.1) is 29.0 Å². The average Bonchev–Trinajstić information content (AvgIpc) is 3.15. The Morgan fingerprint density at radius 2 is 2.04 bits per heavy atom. The maximum atomic E-state index is 12.4. The van der Waals surface area contributed by atoms with Crippen LogP contribution < -0.4 is 11.1 Å². The van der Waals surface area contributed by atoms with Crippen LogP contribution in [0.5, 0.6) is 0 Å². The van der Waals surface area contributed by atoms with Crippen LogP contribution in [0.4, 0.5) is 5.13 Å². The van der Waals surface area contributed by atoms with Crippen LogP contribution in [0.1, 0.15) is 26.6 Å². The van der Waals surface area contributed by atoms with Crippen molar-refractivity contribution in [2.24, 2.45) is 5.73 Å². The number of carbonyl (C=O) groups is 2. The number of hydrogen-bond donors (Lipinski definition) is 2. The molecule has 0 unspecified atom stereocenters. The summed E-state index contributed by atoms with van der Waals surface area (Å²) in [6.45, 7) is 3.69. The molecule has 0 saturated carbocycles. The average molecular weight is 424 g/mol. The second kappa shape index (κ2) is 7.67. The molecule has 0 aliphatic carbocycles. The van der Waals surface area contributed by atoms with Crippen molar-refractivity contribution in [3.05, 3.63) is 56.3 Å². The Bertz CT molecular complexity index is 1040. The van der Waals surface area contributed by atoms with Crippen LogP contribution in [0, 0.1) is 13.8 Å². The molecule has 0 spiro atoms. The number of thiazole rings is 1. The Kier molecular flexibility index (Phi) is 5.50. The number of benzene rings is 1. The van der Waals surface area contributed by atoms with Gasteiger partial charge >= 0.3 is 0 Å². The monoisotopic (exact) mass is 423 g/mol. The van der Waals surface area contributed by atoms with Gasteiger partial charge in [0.1, 0.15) is 4.88 Å². The van der Waals surface area contributed by atoms with E-state index < -0.39 is 5.91 Å². The van der Waals surface area contributed by atoms with E-state index in [-0.39, 0.29) is 17.2 Å². The summed E-state index contributed by atoms with van der Waals surface area (Å²) in [5.41, 5.74) is 8.16. The number of nitrogens with one attached hydrogen (secondary N) is 1. The molecule has 7 nitrogen and oxygen atoms in total. The van der Waals surface area contributed by atoms with Crippen LogP contribution >= 0.6 is 34.5 Å². The predicted molar refractivity (Wildman–Crippen MR) is 106 cm³/mol. The molecule has 3 N–H and O–H groups in total. The second-order valence-electron chi connectivity index (χ2n) is 5.78. The van der Waals surface area contributed by atoms with Crippen molar-refractivity contribution in [1.29, 1.82) is 0 Å². The first kappa shape index (κ1) is 19.3. The summed E-state index contributed by atoms with van der Waals surface area (Å²) >= 11 is 13.2. The fourth-order valence-electron chi connectivity index (χ4n) is 2.59. The summed E-state index contributed by atoms with van der Waals surface area (Å²) in [6.07, 6.45) is 1.44. The maximum Gasteiger partial charge on any atom is 0.260 e. The van der Waals surface area contributed by atoms with Crippen molar-refractivity contribution in [1.82, 2.24) is 14.8 Å². The van der Waals surface area contributed by atoms with Crippen molar-refractivity contribution >= 4 is 51.5 Å². The Morgan fingerprint density at radius 1 is 1.30 bits per heavy atom. The molecule has 27 heavy (non-hydrogen) atoms. The van der Waals surface area contributed by atoms with Crippen LogP contribution in [-0.2, 0) is 11.2 Å². The van der Waals surface area contributed by atoms with E-state index in [1.807, 2.05) is 13.8 Å². The van der Waals surface area contributed by atoms with E-state index >= 15 is 0 Å². The van der Waals surface area contributed by atoms with Crippen LogP contribution in [-0.4, -0.2) is 26.6 Å². The van der Waals surface area contributed by atoms with E-state index in [9.17, 15) is 9.59 Å². The number of halogens is 2. The molecule has 2 amide bonds. The molecule has 0 fully saturated rings. The smallest absolute Gasteiger partial charge is 0.260 e. The van der Waals surface area contributed by atoms with E-state index in [1.165, 1.54) is 6.20 Å². The number of anilines is 1. The van der Waals surface area contributed by atoms with Crippen molar-refractivity contribution in [2.45, 2.75) is 20.3 Å². The first-order valence-electron chi connectivity index (χ1n) is 7.82. The van der Waals surface area contributed by atoms with Gasteiger partial charge in [0.15, 0.2) is 5.13 Å². The Hall–Kier alpha value is -2.42. The van der Waals surface area contributed by atoms with Crippen LogP contribution in [0.25, 0.3) is 5.69 Å². The summed E-state index contributed by atoms with van der Waals surface area (Å²) in [6, 6.07) is 5.14. The van der Waals surface area contributed by atoms with Gasteiger partial charge in [-0.25, -0.2) is 9.67 Å². The van der Waals surface area contributed by atoms with Crippen molar-refractivity contribution in [3.8, 4) is 5.69 Å². The molecule has 2 heterocycles. The van der Waals surface area contributed by atoms with Crippen molar-refractivity contribution in [2.75, 3.05) is 5.32 Å². The van der Waals surface area contributed by atoms with E-state index in [4.69, 9.17) is 28.9 Å². The molecule has 3 rings (SSSR count). The summed E-state index contributed by atoms with van der Waals surface area (Å²) in [7, 11) is 0. The molecular weight excluding hydrogens is 409 g/mol. The fourth-order valence-corrected chi connectivity index (χ4v) is 3.76. The largest absolute Gasteiger partial charge is 0.365 e. The number of aryl methyl sites for hydroxylation is 1. The minimum atomic E-state index is -0.583. The van der Waals surface area contributed by atoms with Gasteiger partial charge < -0.3 is 11.1 Å². The molecule has 0 aliphatic heterocycles. The minimum absolute atomic E-state index is 0.106. The first-order valence-corrected chi connectivity index (χ1v) is 9.39. The molecule has 0 atom stereocenters. The molecule has 0 radical (unpaired) electrons. The van der Waals surface area contributed by atoms with E-state index in [0.717, 1.165) is 22.6 Å². The third kappa shape index (κ3) is 4.13. The van der Waals surface area contributed by atoms with Gasteiger partial charge in [0.25, 0.3) is 5.91 Å². The zero-order valence-electron chi connectivity index (χ0n) is 14.4. The van der Waals surface area contributed by atoms with Gasteiger partial charge in [0, 0.05) is 16.3 Å². The number of primary amides is 1. The number of amides is 2. The number of aromatic nitrogens is 3. The van der Waals surface area contributed by atoms with Crippen LogP contribution in [0.15, 0.2) is 24.4 Å². The second-order valence-corrected chi connectivity index (χ2v) is 7.65. The van der Waals surface area contributed by atoms with Gasteiger partial charge in [-0.3, -0.25) is 9.59 Å². The highest BCUT2D eigenvalue weighted by atomic mass is 35.5. The lowest BCUT2D eigenvalue weighted by Gasteiger charge is -2.08. The molecule has 0 saturated heterocycles. The summed E-state index contributed by atoms with van der Waals surface area (Å²) in [5, 5.41) is 8.47. The van der Waals surface area contributed by atoms with Crippen molar-refractivity contribution in [3.63, 3.8) is 0 Å². The summed E-state index contributed by atoms with van der Waals surface area (Å²) in [5.74, 6) is -0.853. The van der Waals surface area contributed by atoms with Gasteiger partial charge in [-0.05, 0) is 32.0 Å². The zero-order valence-corrected chi connectivity index (χ0v) is 16.7. The molecule has 0 bridgehead atoms. The van der Waals surface area contributed by atoms with Gasteiger partial charge in [-0.15, -0.1) is 0 Å². The Balaban J connectivity index is 1.81. The van der Waals surface area contributed by atoms with Gasteiger partial charge in [0.2, 0.25) is 5.91 Å². The predicted octanol–water partition coefficient (Wildman–Crippen LogP) is 3.53. The van der Waals surface area contributed by atoms with Gasteiger partial charge in [-0.1, -0.05) is 34.5 Å². The number of nitrogens with zero attached hydrogens (tertiary/aromatic N) is 3. The lowest BCUT2D eigenvalue weighted by molar-refractivity contribution is -0.115. The molecular formula is C17H15Cl2N5O2S. The van der Waals surface area contributed by atoms with E-state index in [2.05, 4.69) is 15.4 Å². The maximum absolute atomic E-state index is 12.4. The highest BCUT2D eigenvalue weighted by molar-refractivity contribution is 7.17. The number of hydrogen-bond acceptors (Lipinski definition) is 5. The zero-order chi connectivity index (χ0) is 19.7. The SMILES string of the molecule is Cc1nn(-c2ccc(Cl)cc2Cl)c(C)c1CC(=O)Nc1ncc(C(N)=O)s1.